The van der Waals surface area contributed by atoms with Crippen molar-refractivity contribution in [3.8, 4) is 0 Å². The van der Waals surface area contributed by atoms with Gasteiger partial charge in [-0.25, -0.2) is 13.8 Å². The van der Waals surface area contributed by atoms with Gasteiger partial charge in [0.15, 0.2) is 0 Å². The number of nitrogens with one attached hydrogen (secondary N) is 2. The van der Waals surface area contributed by atoms with Crippen LogP contribution in [-0.4, -0.2) is 43.3 Å². The van der Waals surface area contributed by atoms with Crippen molar-refractivity contribution >= 4 is 44.6 Å². The van der Waals surface area contributed by atoms with Gasteiger partial charge in [-0.2, -0.15) is 9.41 Å². The third-order valence-corrected chi connectivity index (χ3v) is 10.1. The Labute approximate surface area is 234 Å². The number of hydrazone groups is 1. The molecule has 1 fully saturated rings. The predicted molar refractivity (Wildman–Crippen MR) is 156 cm³/mol. The lowest BCUT2D eigenvalue weighted by Crippen LogP contribution is -2.42. The van der Waals surface area contributed by atoms with E-state index in [0.717, 1.165) is 28.0 Å². The lowest BCUT2D eigenvalue weighted by Gasteiger charge is -2.30. The molecular weight excluding hydrogens is 532 g/mol. The first-order valence-corrected chi connectivity index (χ1v) is 15.3. The average molecular weight is 567 g/mol. The number of rotatable bonds is 8. The topological polar surface area (TPSA) is 108 Å². The molecule has 1 aromatic heterocycles. The molecule has 10 heteroatoms. The molecule has 3 aromatic rings. The molecule has 1 aliphatic heterocycles. The Balaban J connectivity index is 1.29. The number of carbonyl (C=O) groups excluding carboxylic acids is 2. The van der Waals surface area contributed by atoms with Gasteiger partial charge in [0.05, 0.1) is 16.2 Å². The van der Waals surface area contributed by atoms with Gasteiger partial charge in [-0.1, -0.05) is 25.1 Å². The average Bonchev–Trinajstić information content (AvgIpc) is 3.43. The molecule has 0 spiro atoms. The van der Waals surface area contributed by atoms with E-state index in [2.05, 4.69) is 22.8 Å². The number of hydrogen-bond donors (Lipinski definition) is 2. The molecule has 39 heavy (non-hydrogen) atoms. The second-order valence-corrected chi connectivity index (χ2v) is 12.7. The Morgan fingerprint density at radius 2 is 1.69 bits per heavy atom. The van der Waals surface area contributed by atoms with Gasteiger partial charge in [-0.05, 0) is 87.1 Å². The summed E-state index contributed by atoms with van der Waals surface area (Å²) >= 11 is 1.57. The van der Waals surface area contributed by atoms with Crippen molar-refractivity contribution in [2.45, 2.75) is 51.9 Å². The highest BCUT2D eigenvalue weighted by Crippen LogP contribution is 2.25. The van der Waals surface area contributed by atoms with E-state index in [1.165, 1.54) is 4.31 Å². The molecule has 8 nitrogen and oxygen atoms in total. The van der Waals surface area contributed by atoms with Crippen LogP contribution in [-0.2, 0) is 21.2 Å². The SMILES string of the molecule is CCc1cc(C(=O)Nc2ccc(/C(C)=N\NC(=O)C3CCN(S(=O)(=O)c4ccc(C)c(C)c4)CC3)cc2)cs1. The first kappa shape index (κ1) is 28.7. The first-order chi connectivity index (χ1) is 18.6. The Morgan fingerprint density at radius 1 is 1.00 bits per heavy atom. The first-order valence-electron chi connectivity index (χ1n) is 13.0. The van der Waals surface area contributed by atoms with E-state index in [1.54, 1.807) is 42.5 Å². The fraction of sp³-hybridized carbons (Fsp3) is 0.345. The summed E-state index contributed by atoms with van der Waals surface area (Å²) in [5.41, 5.74) is 7.37. The normalized spacial score (nSPS) is 15.2. The van der Waals surface area contributed by atoms with Crippen LogP contribution in [0.3, 0.4) is 0 Å². The molecule has 2 N–H and O–H groups in total. The third kappa shape index (κ3) is 6.81. The van der Waals surface area contributed by atoms with Crippen LogP contribution >= 0.6 is 11.3 Å². The number of anilines is 1. The summed E-state index contributed by atoms with van der Waals surface area (Å²) in [7, 11) is -3.59. The second-order valence-electron chi connectivity index (χ2n) is 9.78. The minimum atomic E-state index is -3.59. The lowest BCUT2D eigenvalue weighted by atomic mass is 9.98. The van der Waals surface area contributed by atoms with Gasteiger partial charge < -0.3 is 5.32 Å². The molecule has 2 heterocycles. The smallest absolute Gasteiger partial charge is 0.256 e. The Kier molecular flexibility index (Phi) is 8.99. The number of nitrogens with zero attached hydrogens (tertiary/aromatic N) is 2. The fourth-order valence-electron chi connectivity index (χ4n) is 4.36. The van der Waals surface area contributed by atoms with Gasteiger partial charge >= 0.3 is 0 Å². The van der Waals surface area contributed by atoms with E-state index in [4.69, 9.17) is 0 Å². The molecule has 0 saturated carbocycles. The number of aryl methyl sites for hydroxylation is 3. The number of thiophene rings is 1. The van der Waals surface area contributed by atoms with Crippen molar-refractivity contribution in [1.29, 1.82) is 0 Å². The van der Waals surface area contributed by atoms with E-state index < -0.39 is 10.0 Å². The van der Waals surface area contributed by atoms with E-state index in [9.17, 15) is 18.0 Å². The summed E-state index contributed by atoms with van der Waals surface area (Å²) in [5, 5.41) is 9.01. The van der Waals surface area contributed by atoms with Crippen LogP contribution in [0.4, 0.5) is 5.69 Å². The van der Waals surface area contributed by atoms with E-state index in [1.807, 2.05) is 43.5 Å². The third-order valence-electron chi connectivity index (χ3n) is 7.10. The maximum Gasteiger partial charge on any atom is 0.256 e. The van der Waals surface area contributed by atoms with Crippen LogP contribution in [0.2, 0.25) is 0 Å². The molecule has 0 aliphatic carbocycles. The molecule has 0 unspecified atom stereocenters. The summed E-state index contributed by atoms with van der Waals surface area (Å²) in [6, 6.07) is 14.3. The highest BCUT2D eigenvalue weighted by Gasteiger charge is 2.32. The molecule has 2 amide bonds. The summed E-state index contributed by atoms with van der Waals surface area (Å²) in [4.78, 5) is 26.6. The van der Waals surface area contributed by atoms with Crippen molar-refractivity contribution in [2.75, 3.05) is 18.4 Å². The van der Waals surface area contributed by atoms with Crippen molar-refractivity contribution in [3.05, 3.63) is 81.0 Å². The highest BCUT2D eigenvalue weighted by atomic mass is 32.2. The van der Waals surface area contributed by atoms with Gasteiger partial charge in [0.1, 0.15) is 0 Å². The summed E-state index contributed by atoms with van der Waals surface area (Å²) in [6.07, 6.45) is 1.77. The van der Waals surface area contributed by atoms with Crippen molar-refractivity contribution in [1.82, 2.24) is 9.73 Å². The number of carbonyl (C=O) groups is 2. The molecule has 0 atom stereocenters. The summed E-state index contributed by atoms with van der Waals surface area (Å²) < 4.78 is 27.6. The quantitative estimate of drug-likeness (QED) is 0.291. The highest BCUT2D eigenvalue weighted by molar-refractivity contribution is 7.89. The van der Waals surface area contributed by atoms with Crippen LogP contribution in [0.15, 0.2) is 63.9 Å². The van der Waals surface area contributed by atoms with Crippen LogP contribution in [0, 0.1) is 19.8 Å². The van der Waals surface area contributed by atoms with Crippen molar-refractivity contribution in [2.24, 2.45) is 11.0 Å². The Bertz CT molecular complexity index is 1490. The van der Waals surface area contributed by atoms with Crippen LogP contribution in [0.5, 0.6) is 0 Å². The van der Waals surface area contributed by atoms with Gasteiger partial charge in [0.25, 0.3) is 5.91 Å². The van der Waals surface area contributed by atoms with Crippen LogP contribution in [0.25, 0.3) is 0 Å². The second kappa shape index (κ2) is 12.2. The zero-order valence-electron chi connectivity index (χ0n) is 22.7. The predicted octanol–water partition coefficient (Wildman–Crippen LogP) is 5.12. The molecule has 2 aromatic carbocycles. The van der Waals surface area contributed by atoms with Gasteiger partial charge in [0, 0.05) is 35.0 Å². The molecule has 206 valence electrons. The minimum Gasteiger partial charge on any atom is -0.322 e. The van der Waals surface area contributed by atoms with E-state index >= 15 is 0 Å². The summed E-state index contributed by atoms with van der Waals surface area (Å²) in [6.45, 7) is 8.27. The summed E-state index contributed by atoms with van der Waals surface area (Å²) in [5.74, 6) is -0.677. The van der Waals surface area contributed by atoms with Crippen molar-refractivity contribution in [3.63, 3.8) is 0 Å². The lowest BCUT2D eigenvalue weighted by molar-refractivity contribution is -0.126. The monoisotopic (exact) mass is 566 g/mol. The van der Waals surface area contributed by atoms with Crippen LogP contribution < -0.4 is 10.7 Å². The zero-order valence-corrected chi connectivity index (χ0v) is 24.3. The maximum atomic E-state index is 13.0. The Hall–Kier alpha value is -3.34. The number of sulfonamides is 1. The maximum absolute atomic E-state index is 13.0. The zero-order chi connectivity index (χ0) is 28.2. The standard InChI is InChI=1S/C29H34N4O4S2/c1-5-26-17-24(18-38-26)28(34)30-25-9-7-22(8-10-25)21(4)31-32-29(35)23-12-14-33(15-13-23)39(36,37)27-11-6-19(2)20(3)16-27/h6-11,16-18,23H,5,12-15H2,1-4H3,(H,30,34)(H,32,35)/b31-21-. The van der Waals surface area contributed by atoms with Gasteiger partial charge in [-0.3, -0.25) is 9.59 Å². The number of hydrogen-bond acceptors (Lipinski definition) is 6. The fourth-order valence-corrected chi connectivity index (χ4v) is 6.73. The molecule has 1 aliphatic rings. The van der Waals surface area contributed by atoms with E-state index in [-0.39, 0.29) is 35.7 Å². The number of benzene rings is 2. The number of piperidine rings is 1. The van der Waals surface area contributed by atoms with Gasteiger partial charge in [-0.15, -0.1) is 11.3 Å². The van der Waals surface area contributed by atoms with E-state index in [0.29, 0.717) is 29.8 Å². The molecule has 4 rings (SSSR count). The molecule has 0 radical (unpaired) electrons. The van der Waals surface area contributed by atoms with Crippen LogP contribution in [0.1, 0.15) is 58.6 Å². The minimum absolute atomic E-state index is 0.149. The molecule has 1 saturated heterocycles. The molecule has 0 bridgehead atoms. The van der Waals surface area contributed by atoms with Crippen molar-refractivity contribution < 1.29 is 18.0 Å². The molecular formula is C29H34N4O4S2. The van der Waals surface area contributed by atoms with Gasteiger partial charge in [0.2, 0.25) is 15.9 Å². The largest absolute Gasteiger partial charge is 0.322 e. The Morgan fingerprint density at radius 3 is 2.31 bits per heavy atom. The number of amides is 2.